The van der Waals surface area contributed by atoms with Gasteiger partial charge in [0.2, 0.25) is 5.91 Å². The molecule has 1 aromatic rings. The van der Waals surface area contributed by atoms with E-state index >= 15 is 0 Å². The molecule has 3 heteroatoms. The maximum absolute atomic E-state index is 11.4. The largest absolute Gasteiger partial charge is 0.351 e. The van der Waals surface area contributed by atoms with Gasteiger partial charge in [0.25, 0.3) is 0 Å². The summed E-state index contributed by atoms with van der Waals surface area (Å²) < 4.78 is 0. The van der Waals surface area contributed by atoms with Crippen molar-refractivity contribution in [3.8, 4) is 0 Å². The van der Waals surface area contributed by atoms with E-state index in [1.165, 1.54) is 27.8 Å². The van der Waals surface area contributed by atoms with E-state index in [0.717, 1.165) is 0 Å². The lowest BCUT2D eigenvalue weighted by Crippen LogP contribution is -2.32. The van der Waals surface area contributed by atoms with Crippen LogP contribution in [0.2, 0.25) is 0 Å². The molecule has 0 unspecified atom stereocenters. The van der Waals surface area contributed by atoms with Crippen molar-refractivity contribution < 1.29 is 4.79 Å². The Labute approximate surface area is 104 Å². The maximum atomic E-state index is 11.4. The third-order valence-corrected chi connectivity index (χ3v) is 3.32. The van der Waals surface area contributed by atoms with E-state index in [1.807, 2.05) is 0 Å². The molecule has 0 spiro atoms. The molecule has 94 valence electrons. The summed E-state index contributed by atoms with van der Waals surface area (Å²) in [6.07, 6.45) is 0. The van der Waals surface area contributed by atoms with Gasteiger partial charge >= 0.3 is 0 Å². The second-order valence-electron chi connectivity index (χ2n) is 4.55. The van der Waals surface area contributed by atoms with Gasteiger partial charge in [-0.2, -0.15) is 0 Å². The van der Waals surface area contributed by atoms with Crippen molar-refractivity contribution in [1.29, 1.82) is 0 Å². The van der Waals surface area contributed by atoms with Crippen LogP contribution in [0.5, 0.6) is 0 Å². The summed E-state index contributed by atoms with van der Waals surface area (Å²) in [6, 6.07) is 2.20. The number of carbonyl (C=O) groups excluding carboxylic acids is 1. The van der Waals surface area contributed by atoms with Crippen molar-refractivity contribution in [3.63, 3.8) is 0 Å². The summed E-state index contributed by atoms with van der Waals surface area (Å²) in [5, 5.41) is 5.78. The SMILES string of the molecule is CNCC(=O)NCc1c(C)c(C)cc(C)c1C. The molecule has 2 N–H and O–H groups in total. The minimum absolute atomic E-state index is 0.0328. The average Bonchev–Trinajstić information content (AvgIpc) is 2.27. The molecule has 0 heterocycles. The average molecular weight is 234 g/mol. The van der Waals surface area contributed by atoms with Gasteiger partial charge in [0.15, 0.2) is 0 Å². The standard InChI is InChI=1S/C14H22N2O/c1-9-6-10(2)12(4)13(11(9)3)7-16-14(17)8-15-5/h6,15H,7-8H2,1-5H3,(H,16,17). The molecule has 0 radical (unpaired) electrons. The summed E-state index contributed by atoms with van der Waals surface area (Å²) in [5.74, 6) is 0.0328. The van der Waals surface area contributed by atoms with Crippen LogP contribution in [0.1, 0.15) is 27.8 Å². The number of benzene rings is 1. The monoisotopic (exact) mass is 234 g/mol. The zero-order chi connectivity index (χ0) is 13.0. The van der Waals surface area contributed by atoms with Gasteiger partial charge in [0.05, 0.1) is 6.54 Å². The number of hydrogen-bond acceptors (Lipinski definition) is 2. The fourth-order valence-electron chi connectivity index (χ4n) is 1.97. The molecule has 1 amide bonds. The van der Waals surface area contributed by atoms with E-state index in [-0.39, 0.29) is 5.91 Å². The second kappa shape index (κ2) is 5.82. The van der Waals surface area contributed by atoms with Crippen LogP contribution < -0.4 is 10.6 Å². The Morgan fingerprint density at radius 2 is 1.65 bits per heavy atom. The number of nitrogens with one attached hydrogen (secondary N) is 2. The van der Waals surface area contributed by atoms with Crippen molar-refractivity contribution in [2.45, 2.75) is 34.2 Å². The predicted molar refractivity (Wildman–Crippen MR) is 71.2 cm³/mol. The molecule has 0 fully saturated rings. The molecule has 0 bridgehead atoms. The molecule has 17 heavy (non-hydrogen) atoms. The Hall–Kier alpha value is -1.35. The van der Waals surface area contributed by atoms with Crippen molar-refractivity contribution >= 4 is 5.91 Å². The van der Waals surface area contributed by atoms with Crippen LogP contribution >= 0.6 is 0 Å². The number of likely N-dealkylation sites (N-methyl/N-ethyl adjacent to an activating group) is 1. The molecular formula is C14H22N2O. The first-order valence-electron chi connectivity index (χ1n) is 5.95. The van der Waals surface area contributed by atoms with Gasteiger partial charge in [-0.1, -0.05) is 6.07 Å². The minimum Gasteiger partial charge on any atom is -0.351 e. The summed E-state index contributed by atoms with van der Waals surface area (Å²) in [6.45, 7) is 9.42. The van der Waals surface area contributed by atoms with Gasteiger partial charge in [-0.3, -0.25) is 4.79 Å². The third kappa shape index (κ3) is 3.30. The quantitative estimate of drug-likeness (QED) is 0.833. The highest BCUT2D eigenvalue weighted by molar-refractivity contribution is 5.78. The molecule has 0 saturated carbocycles. The number of rotatable bonds is 4. The van der Waals surface area contributed by atoms with E-state index in [4.69, 9.17) is 0 Å². The van der Waals surface area contributed by atoms with Gasteiger partial charge in [0.1, 0.15) is 0 Å². The molecular weight excluding hydrogens is 212 g/mol. The first kappa shape index (κ1) is 13.7. The second-order valence-corrected chi connectivity index (χ2v) is 4.55. The molecule has 1 rings (SSSR count). The zero-order valence-electron chi connectivity index (χ0n) is 11.4. The van der Waals surface area contributed by atoms with Crippen LogP contribution in [0.4, 0.5) is 0 Å². The van der Waals surface area contributed by atoms with Crippen LogP contribution in [-0.4, -0.2) is 19.5 Å². The zero-order valence-corrected chi connectivity index (χ0v) is 11.4. The summed E-state index contributed by atoms with van der Waals surface area (Å²) in [7, 11) is 1.77. The number of carbonyl (C=O) groups is 1. The van der Waals surface area contributed by atoms with Crippen LogP contribution in [0.3, 0.4) is 0 Å². The molecule has 3 nitrogen and oxygen atoms in total. The van der Waals surface area contributed by atoms with E-state index in [9.17, 15) is 4.79 Å². The molecule has 0 aliphatic rings. The number of hydrogen-bond donors (Lipinski definition) is 2. The van der Waals surface area contributed by atoms with Crippen LogP contribution in [0, 0.1) is 27.7 Å². The molecule has 0 aliphatic heterocycles. The van der Waals surface area contributed by atoms with Crippen LogP contribution in [0.15, 0.2) is 6.07 Å². The first-order chi connectivity index (χ1) is 7.97. The topological polar surface area (TPSA) is 41.1 Å². The van der Waals surface area contributed by atoms with Crippen molar-refractivity contribution in [2.75, 3.05) is 13.6 Å². The van der Waals surface area contributed by atoms with E-state index in [0.29, 0.717) is 13.1 Å². The Kier molecular flexibility index (Phi) is 4.70. The lowest BCUT2D eigenvalue weighted by atomic mass is 9.94. The van der Waals surface area contributed by atoms with Gasteiger partial charge < -0.3 is 10.6 Å². The van der Waals surface area contributed by atoms with Crippen LogP contribution in [-0.2, 0) is 11.3 Å². The van der Waals surface area contributed by atoms with Gasteiger partial charge in [-0.25, -0.2) is 0 Å². The van der Waals surface area contributed by atoms with Gasteiger partial charge in [-0.05, 0) is 62.6 Å². The molecule has 1 aromatic carbocycles. The normalized spacial score (nSPS) is 10.4. The predicted octanol–water partition coefficient (Wildman–Crippen LogP) is 1.76. The Balaban J connectivity index is 2.87. The van der Waals surface area contributed by atoms with E-state index < -0.39 is 0 Å². The van der Waals surface area contributed by atoms with Crippen molar-refractivity contribution in [1.82, 2.24) is 10.6 Å². The highest BCUT2D eigenvalue weighted by atomic mass is 16.1. The lowest BCUT2D eigenvalue weighted by Gasteiger charge is -2.15. The lowest BCUT2D eigenvalue weighted by molar-refractivity contribution is -0.120. The molecule has 0 atom stereocenters. The number of aryl methyl sites for hydroxylation is 2. The van der Waals surface area contributed by atoms with Crippen molar-refractivity contribution in [3.05, 3.63) is 33.9 Å². The van der Waals surface area contributed by atoms with Crippen molar-refractivity contribution in [2.24, 2.45) is 0 Å². The fourth-order valence-corrected chi connectivity index (χ4v) is 1.97. The smallest absolute Gasteiger partial charge is 0.234 e. The minimum atomic E-state index is 0.0328. The molecule has 0 aliphatic carbocycles. The Morgan fingerprint density at radius 1 is 1.12 bits per heavy atom. The highest BCUT2D eigenvalue weighted by Crippen LogP contribution is 2.21. The summed E-state index contributed by atoms with van der Waals surface area (Å²) in [5.41, 5.74) is 6.36. The summed E-state index contributed by atoms with van der Waals surface area (Å²) >= 11 is 0. The third-order valence-electron chi connectivity index (χ3n) is 3.32. The number of amides is 1. The van der Waals surface area contributed by atoms with Gasteiger partial charge in [0, 0.05) is 6.54 Å². The highest BCUT2D eigenvalue weighted by Gasteiger charge is 2.09. The Morgan fingerprint density at radius 3 is 2.12 bits per heavy atom. The van der Waals surface area contributed by atoms with Gasteiger partial charge in [-0.15, -0.1) is 0 Å². The van der Waals surface area contributed by atoms with Crippen LogP contribution in [0.25, 0.3) is 0 Å². The van der Waals surface area contributed by atoms with E-state index in [2.05, 4.69) is 44.4 Å². The fraction of sp³-hybridized carbons (Fsp3) is 0.500. The molecule has 0 aromatic heterocycles. The summed E-state index contributed by atoms with van der Waals surface area (Å²) in [4.78, 5) is 11.4. The maximum Gasteiger partial charge on any atom is 0.234 e. The molecule has 0 saturated heterocycles. The first-order valence-corrected chi connectivity index (χ1v) is 5.95. The Bertz CT molecular complexity index is 398. The van der Waals surface area contributed by atoms with E-state index in [1.54, 1.807) is 7.05 Å².